The molecule has 0 aliphatic carbocycles. The largest absolute Gasteiger partial charge is 0.379 e. The molecule has 0 saturated carbocycles. The van der Waals surface area contributed by atoms with Gasteiger partial charge in [-0.2, -0.15) is 5.10 Å². The molecule has 1 aromatic rings. The highest BCUT2D eigenvalue weighted by Crippen LogP contribution is 2.26. The molecule has 0 bridgehead atoms. The Morgan fingerprint density at radius 3 is 2.67 bits per heavy atom. The van der Waals surface area contributed by atoms with Gasteiger partial charge in [0.05, 0.1) is 24.5 Å². The van der Waals surface area contributed by atoms with Crippen LogP contribution in [0.1, 0.15) is 49.7 Å². The van der Waals surface area contributed by atoms with E-state index in [1.165, 1.54) is 0 Å². The quantitative estimate of drug-likeness (QED) is 0.843. The molecular formula is C18H30N4O2. The molecule has 2 fully saturated rings. The molecule has 24 heavy (non-hydrogen) atoms. The monoisotopic (exact) mass is 334 g/mol. The van der Waals surface area contributed by atoms with Crippen LogP contribution in [0.15, 0.2) is 6.20 Å². The zero-order valence-corrected chi connectivity index (χ0v) is 15.4. The first-order chi connectivity index (χ1) is 11.5. The maximum Gasteiger partial charge on any atom is 0.257 e. The molecule has 2 saturated heterocycles. The summed E-state index contributed by atoms with van der Waals surface area (Å²) >= 11 is 0. The maximum atomic E-state index is 13.1. The van der Waals surface area contributed by atoms with Crippen molar-refractivity contribution in [3.05, 3.63) is 17.5 Å². The zero-order chi connectivity index (χ0) is 17.3. The van der Waals surface area contributed by atoms with Gasteiger partial charge >= 0.3 is 0 Å². The van der Waals surface area contributed by atoms with Crippen molar-refractivity contribution in [3.63, 3.8) is 0 Å². The Bertz CT molecular complexity index is 578. The summed E-state index contributed by atoms with van der Waals surface area (Å²) in [5.74, 6) is 0.892. The summed E-state index contributed by atoms with van der Waals surface area (Å²) in [6, 6.07) is 0.446. The van der Waals surface area contributed by atoms with E-state index in [1.54, 1.807) is 0 Å². The first-order valence-corrected chi connectivity index (χ1v) is 9.19. The van der Waals surface area contributed by atoms with Gasteiger partial charge in [-0.1, -0.05) is 20.8 Å². The molecule has 134 valence electrons. The summed E-state index contributed by atoms with van der Waals surface area (Å²) in [5, 5.41) is 4.59. The second-order valence-electron chi connectivity index (χ2n) is 7.34. The van der Waals surface area contributed by atoms with E-state index in [4.69, 9.17) is 4.74 Å². The topological polar surface area (TPSA) is 50.6 Å². The molecule has 0 unspecified atom stereocenters. The number of carbonyl (C=O) groups is 1. The highest BCUT2D eigenvalue weighted by atomic mass is 16.5. The molecule has 3 rings (SSSR count). The fourth-order valence-corrected chi connectivity index (χ4v) is 3.86. The molecule has 0 N–H and O–H groups in total. The Morgan fingerprint density at radius 1 is 1.33 bits per heavy atom. The number of aromatic nitrogens is 2. The molecule has 3 heterocycles. The van der Waals surface area contributed by atoms with Gasteiger partial charge in [-0.15, -0.1) is 0 Å². The van der Waals surface area contributed by atoms with Crippen molar-refractivity contribution in [2.45, 2.75) is 46.2 Å². The zero-order valence-electron chi connectivity index (χ0n) is 15.4. The van der Waals surface area contributed by atoms with Gasteiger partial charge in [-0.3, -0.25) is 14.4 Å². The Kier molecular flexibility index (Phi) is 5.25. The summed E-state index contributed by atoms with van der Waals surface area (Å²) < 4.78 is 7.34. The Morgan fingerprint density at radius 2 is 2.04 bits per heavy atom. The van der Waals surface area contributed by atoms with Gasteiger partial charge in [0, 0.05) is 45.0 Å². The second-order valence-corrected chi connectivity index (χ2v) is 7.34. The number of carbonyl (C=O) groups excluding carboxylic acids is 1. The van der Waals surface area contributed by atoms with Crippen LogP contribution in [0.25, 0.3) is 0 Å². The third-order valence-corrected chi connectivity index (χ3v) is 5.27. The van der Waals surface area contributed by atoms with Crippen LogP contribution < -0.4 is 0 Å². The fourth-order valence-electron chi connectivity index (χ4n) is 3.86. The van der Waals surface area contributed by atoms with E-state index in [-0.39, 0.29) is 11.8 Å². The second kappa shape index (κ2) is 7.23. The van der Waals surface area contributed by atoms with Crippen molar-refractivity contribution in [1.82, 2.24) is 19.6 Å². The SMILES string of the molecule is CCn1cc(C(=O)N2C[C@H](C)[C@@H](N3CCOCC3)C2)c(C(C)C)n1. The minimum atomic E-state index is 0.140. The van der Waals surface area contributed by atoms with Crippen molar-refractivity contribution in [2.75, 3.05) is 39.4 Å². The van der Waals surface area contributed by atoms with Gasteiger partial charge in [0.1, 0.15) is 0 Å². The van der Waals surface area contributed by atoms with Gasteiger partial charge in [0.25, 0.3) is 5.91 Å². The highest BCUT2D eigenvalue weighted by Gasteiger charge is 2.37. The van der Waals surface area contributed by atoms with Crippen LogP contribution in [-0.4, -0.2) is 70.9 Å². The number of hydrogen-bond donors (Lipinski definition) is 0. The van der Waals surface area contributed by atoms with Gasteiger partial charge in [-0.05, 0) is 18.8 Å². The number of aryl methyl sites for hydroxylation is 1. The van der Waals surface area contributed by atoms with Gasteiger partial charge in [-0.25, -0.2) is 0 Å². The van der Waals surface area contributed by atoms with Crippen LogP contribution in [0.2, 0.25) is 0 Å². The van der Waals surface area contributed by atoms with Crippen molar-refractivity contribution in [2.24, 2.45) is 5.92 Å². The number of hydrogen-bond acceptors (Lipinski definition) is 4. The number of ether oxygens (including phenoxy) is 1. The molecule has 0 radical (unpaired) electrons. The van der Waals surface area contributed by atoms with E-state index in [9.17, 15) is 4.79 Å². The number of rotatable bonds is 4. The van der Waals surface area contributed by atoms with E-state index in [1.807, 2.05) is 15.8 Å². The Hall–Kier alpha value is -1.40. The first-order valence-electron chi connectivity index (χ1n) is 9.19. The van der Waals surface area contributed by atoms with Crippen LogP contribution in [0, 0.1) is 5.92 Å². The van der Waals surface area contributed by atoms with Crippen LogP contribution in [0.3, 0.4) is 0 Å². The van der Waals surface area contributed by atoms with Crippen molar-refractivity contribution < 1.29 is 9.53 Å². The molecular weight excluding hydrogens is 304 g/mol. The first kappa shape index (κ1) is 17.4. The standard InChI is InChI=1S/C18H30N4O2/c1-5-22-11-15(17(19-22)13(2)3)18(23)21-10-14(4)16(12-21)20-6-8-24-9-7-20/h11,13-14,16H,5-10,12H2,1-4H3/t14-,16-/m0/s1. The Balaban J connectivity index is 1.75. The molecule has 2 aliphatic heterocycles. The molecule has 6 heteroatoms. The van der Waals surface area contributed by atoms with Gasteiger partial charge in [0.15, 0.2) is 0 Å². The van der Waals surface area contributed by atoms with Crippen molar-refractivity contribution in [3.8, 4) is 0 Å². The van der Waals surface area contributed by atoms with E-state index >= 15 is 0 Å². The molecule has 1 aromatic heterocycles. The summed E-state index contributed by atoms with van der Waals surface area (Å²) in [7, 11) is 0. The van der Waals surface area contributed by atoms with Crippen molar-refractivity contribution >= 4 is 5.91 Å². The lowest BCUT2D eigenvalue weighted by atomic mass is 10.0. The van der Waals surface area contributed by atoms with Crippen LogP contribution in [-0.2, 0) is 11.3 Å². The average molecular weight is 334 g/mol. The molecule has 0 aromatic carbocycles. The molecule has 0 spiro atoms. The number of nitrogens with zero attached hydrogens (tertiary/aromatic N) is 4. The minimum Gasteiger partial charge on any atom is -0.379 e. The minimum absolute atomic E-state index is 0.140. The molecule has 2 aliphatic rings. The predicted octanol–water partition coefficient (Wildman–Crippen LogP) is 1.82. The fraction of sp³-hybridized carbons (Fsp3) is 0.778. The number of amides is 1. The van der Waals surface area contributed by atoms with Crippen molar-refractivity contribution in [1.29, 1.82) is 0 Å². The van der Waals surface area contributed by atoms with E-state index in [0.717, 1.165) is 57.2 Å². The highest BCUT2D eigenvalue weighted by molar-refractivity contribution is 5.95. The Labute approximate surface area is 144 Å². The number of morpholine rings is 1. The summed E-state index contributed by atoms with van der Waals surface area (Å²) in [6.07, 6.45) is 1.92. The van der Waals surface area contributed by atoms with E-state index in [2.05, 4.69) is 37.7 Å². The maximum absolute atomic E-state index is 13.1. The summed E-state index contributed by atoms with van der Waals surface area (Å²) in [6.45, 7) is 14.5. The lowest BCUT2D eigenvalue weighted by Crippen LogP contribution is -2.47. The van der Waals surface area contributed by atoms with Crippen LogP contribution >= 0.6 is 0 Å². The third kappa shape index (κ3) is 3.35. The molecule has 1 amide bonds. The predicted molar refractivity (Wildman–Crippen MR) is 93.2 cm³/mol. The van der Waals surface area contributed by atoms with E-state index < -0.39 is 0 Å². The summed E-state index contributed by atoms with van der Waals surface area (Å²) in [5.41, 5.74) is 1.70. The average Bonchev–Trinajstić information content (AvgIpc) is 3.19. The molecule has 2 atom stereocenters. The summed E-state index contributed by atoms with van der Waals surface area (Å²) in [4.78, 5) is 17.6. The van der Waals surface area contributed by atoms with Crippen LogP contribution in [0.4, 0.5) is 0 Å². The van der Waals surface area contributed by atoms with E-state index in [0.29, 0.717) is 12.0 Å². The molecule has 6 nitrogen and oxygen atoms in total. The van der Waals surface area contributed by atoms with Gasteiger partial charge < -0.3 is 9.64 Å². The van der Waals surface area contributed by atoms with Crippen LogP contribution in [0.5, 0.6) is 0 Å². The van der Waals surface area contributed by atoms with Gasteiger partial charge in [0.2, 0.25) is 0 Å². The third-order valence-electron chi connectivity index (χ3n) is 5.27. The number of likely N-dealkylation sites (tertiary alicyclic amines) is 1. The lowest BCUT2D eigenvalue weighted by molar-refractivity contribution is 0.0119. The normalized spacial score (nSPS) is 25.6. The smallest absolute Gasteiger partial charge is 0.257 e. The lowest BCUT2D eigenvalue weighted by Gasteiger charge is -2.33.